The van der Waals surface area contributed by atoms with Crippen LogP contribution in [0.15, 0.2) is 0 Å². The average molecular weight is 187 g/mol. The van der Waals surface area contributed by atoms with Crippen LogP contribution in [0.2, 0.25) is 0 Å². The molecule has 13 heavy (non-hydrogen) atoms. The molecule has 2 N–H and O–H groups in total. The Hall–Kier alpha value is -0.0800. The third kappa shape index (κ3) is 4.63. The second kappa shape index (κ2) is 4.43. The molecule has 2 nitrogen and oxygen atoms in total. The predicted octanol–water partition coefficient (Wildman–Crippen LogP) is 2.77. The summed E-state index contributed by atoms with van der Waals surface area (Å²) in [4.78, 5) is 0. The van der Waals surface area contributed by atoms with Crippen LogP contribution in [0.3, 0.4) is 0 Å². The second-order valence-corrected chi connectivity index (χ2v) is 5.39. The minimum absolute atomic E-state index is 0.109. The van der Waals surface area contributed by atoms with Crippen LogP contribution in [0.1, 0.15) is 48.0 Å². The van der Waals surface area contributed by atoms with Gasteiger partial charge in [0.05, 0.1) is 12.3 Å². The van der Waals surface area contributed by atoms with Gasteiger partial charge in [-0.2, -0.15) is 0 Å². The van der Waals surface area contributed by atoms with Crippen molar-refractivity contribution in [3.63, 3.8) is 0 Å². The summed E-state index contributed by atoms with van der Waals surface area (Å²) >= 11 is 0. The summed E-state index contributed by atoms with van der Waals surface area (Å²) in [5.74, 6) is 0.660. The normalized spacial score (nSPS) is 13.8. The average Bonchev–Trinajstić information content (AvgIpc) is 1.83. The summed E-state index contributed by atoms with van der Waals surface area (Å²) in [6.45, 7) is 13.6. The van der Waals surface area contributed by atoms with E-state index in [1.54, 1.807) is 0 Å². The summed E-state index contributed by atoms with van der Waals surface area (Å²) in [5, 5.41) is 0. The van der Waals surface area contributed by atoms with Crippen molar-refractivity contribution in [1.29, 1.82) is 0 Å². The highest BCUT2D eigenvalue weighted by Gasteiger charge is 2.31. The molecule has 0 saturated heterocycles. The first-order valence-corrected chi connectivity index (χ1v) is 5.05. The third-order valence-corrected chi connectivity index (χ3v) is 2.92. The lowest BCUT2D eigenvalue weighted by molar-refractivity contribution is -0.0507. The Labute approximate surface area is 82.8 Å². The fourth-order valence-corrected chi connectivity index (χ4v) is 1.58. The molecule has 0 radical (unpaired) electrons. The second-order valence-electron chi connectivity index (χ2n) is 5.39. The summed E-state index contributed by atoms with van der Waals surface area (Å²) < 4.78 is 5.49. The van der Waals surface area contributed by atoms with Gasteiger partial charge >= 0.3 is 0 Å². The van der Waals surface area contributed by atoms with Crippen molar-refractivity contribution in [2.45, 2.75) is 53.6 Å². The first-order valence-electron chi connectivity index (χ1n) is 5.05. The molecule has 0 fully saturated rings. The summed E-state index contributed by atoms with van der Waals surface area (Å²) in [7, 11) is 0. The standard InChI is InChI=1S/C11H25NO/c1-9(2)10(3,4)7-11(5,6)13-8-12/h9H,7-8,12H2,1-6H3. The topological polar surface area (TPSA) is 35.2 Å². The molecule has 0 aromatic carbocycles. The Bertz CT molecular complexity index is 150. The highest BCUT2D eigenvalue weighted by atomic mass is 16.5. The van der Waals surface area contributed by atoms with Crippen LogP contribution < -0.4 is 5.73 Å². The van der Waals surface area contributed by atoms with E-state index in [1.165, 1.54) is 0 Å². The molecule has 0 bridgehead atoms. The Morgan fingerprint density at radius 2 is 1.62 bits per heavy atom. The van der Waals surface area contributed by atoms with Gasteiger partial charge in [0, 0.05) is 0 Å². The Morgan fingerprint density at radius 1 is 1.15 bits per heavy atom. The van der Waals surface area contributed by atoms with Gasteiger partial charge in [-0.1, -0.05) is 27.7 Å². The van der Waals surface area contributed by atoms with Gasteiger partial charge in [-0.3, -0.25) is 0 Å². The molecule has 0 aromatic heterocycles. The molecule has 0 aliphatic heterocycles. The largest absolute Gasteiger partial charge is 0.361 e. The molecule has 0 aliphatic rings. The maximum absolute atomic E-state index is 5.49. The zero-order valence-electron chi connectivity index (χ0n) is 9.98. The molecule has 0 aliphatic carbocycles. The van der Waals surface area contributed by atoms with Crippen molar-refractivity contribution in [3.05, 3.63) is 0 Å². The summed E-state index contributed by atoms with van der Waals surface area (Å²) in [5.41, 5.74) is 5.58. The van der Waals surface area contributed by atoms with E-state index in [4.69, 9.17) is 10.5 Å². The van der Waals surface area contributed by atoms with Gasteiger partial charge in [-0.05, 0) is 31.6 Å². The van der Waals surface area contributed by atoms with Crippen LogP contribution in [0.4, 0.5) is 0 Å². The minimum Gasteiger partial charge on any atom is -0.361 e. The van der Waals surface area contributed by atoms with Gasteiger partial charge in [0.25, 0.3) is 0 Å². The SMILES string of the molecule is CC(C)C(C)(C)CC(C)(C)OCN. The summed E-state index contributed by atoms with van der Waals surface area (Å²) in [6.07, 6.45) is 1.04. The molecule has 0 rings (SSSR count). The van der Waals surface area contributed by atoms with Crippen LogP contribution in [-0.4, -0.2) is 12.3 Å². The Morgan fingerprint density at radius 3 is 1.92 bits per heavy atom. The van der Waals surface area contributed by atoms with E-state index in [9.17, 15) is 0 Å². The van der Waals surface area contributed by atoms with Gasteiger partial charge < -0.3 is 10.5 Å². The number of hydrogen-bond acceptors (Lipinski definition) is 2. The van der Waals surface area contributed by atoms with Crippen molar-refractivity contribution in [2.75, 3.05) is 6.73 Å². The molecule has 0 amide bonds. The first-order chi connectivity index (χ1) is 5.71. The lowest BCUT2D eigenvalue weighted by Gasteiger charge is -2.37. The van der Waals surface area contributed by atoms with E-state index < -0.39 is 0 Å². The van der Waals surface area contributed by atoms with Crippen LogP contribution in [0.5, 0.6) is 0 Å². The number of ether oxygens (including phenoxy) is 1. The highest BCUT2D eigenvalue weighted by molar-refractivity contribution is 4.82. The molecular weight excluding hydrogens is 162 g/mol. The van der Waals surface area contributed by atoms with E-state index in [2.05, 4.69) is 41.5 Å². The van der Waals surface area contributed by atoms with E-state index in [1.807, 2.05) is 0 Å². The zero-order chi connectivity index (χ0) is 10.7. The fourth-order valence-electron chi connectivity index (χ4n) is 1.58. The molecule has 0 saturated carbocycles. The van der Waals surface area contributed by atoms with Crippen molar-refractivity contribution >= 4 is 0 Å². The fraction of sp³-hybridized carbons (Fsp3) is 1.00. The Balaban J connectivity index is 4.24. The molecule has 0 aromatic rings. The molecular formula is C11H25NO. The maximum atomic E-state index is 5.49. The molecule has 0 heterocycles. The number of rotatable bonds is 5. The quantitative estimate of drug-likeness (QED) is 0.672. The third-order valence-electron chi connectivity index (χ3n) is 2.92. The number of hydrogen-bond donors (Lipinski definition) is 1. The molecule has 0 atom stereocenters. The van der Waals surface area contributed by atoms with Gasteiger partial charge in [0.1, 0.15) is 0 Å². The molecule has 80 valence electrons. The van der Waals surface area contributed by atoms with Crippen molar-refractivity contribution in [3.8, 4) is 0 Å². The lowest BCUT2D eigenvalue weighted by atomic mass is 9.74. The number of nitrogens with two attached hydrogens (primary N) is 1. The first kappa shape index (κ1) is 12.9. The summed E-state index contributed by atoms with van der Waals surface area (Å²) in [6, 6.07) is 0. The smallest absolute Gasteiger partial charge is 0.0947 e. The van der Waals surface area contributed by atoms with E-state index in [0.29, 0.717) is 18.1 Å². The van der Waals surface area contributed by atoms with Crippen molar-refractivity contribution < 1.29 is 4.74 Å². The van der Waals surface area contributed by atoms with Gasteiger partial charge in [-0.25, -0.2) is 0 Å². The van der Waals surface area contributed by atoms with E-state index in [-0.39, 0.29) is 5.60 Å². The minimum atomic E-state index is -0.109. The van der Waals surface area contributed by atoms with Gasteiger partial charge in [0.15, 0.2) is 0 Å². The molecule has 0 spiro atoms. The van der Waals surface area contributed by atoms with E-state index in [0.717, 1.165) is 6.42 Å². The van der Waals surface area contributed by atoms with Crippen LogP contribution in [0, 0.1) is 11.3 Å². The highest BCUT2D eigenvalue weighted by Crippen LogP contribution is 2.36. The van der Waals surface area contributed by atoms with E-state index >= 15 is 0 Å². The zero-order valence-corrected chi connectivity index (χ0v) is 9.98. The lowest BCUT2D eigenvalue weighted by Crippen LogP contribution is -2.35. The van der Waals surface area contributed by atoms with Gasteiger partial charge in [-0.15, -0.1) is 0 Å². The maximum Gasteiger partial charge on any atom is 0.0947 e. The van der Waals surface area contributed by atoms with Gasteiger partial charge in [0.2, 0.25) is 0 Å². The van der Waals surface area contributed by atoms with Crippen LogP contribution >= 0.6 is 0 Å². The van der Waals surface area contributed by atoms with Crippen molar-refractivity contribution in [1.82, 2.24) is 0 Å². The Kier molecular flexibility index (Phi) is 4.40. The predicted molar refractivity (Wildman–Crippen MR) is 57.5 cm³/mol. The van der Waals surface area contributed by atoms with Crippen LogP contribution in [0.25, 0.3) is 0 Å². The van der Waals surface area contributed by atoms with Crippen LogP contribution in [-0.2, 0) is 4.74 Å². The van der Waals surface area contributed by atoms with Crippen molar-refractivity contribution in [2.24, 2.45) is 17.1 Å². The molecule has 0 unspecified atom stereocenters. The monoisotopic (exact) mass is 187 g/mol. The molecule has 2 heteroatoms.